The highest BCUT2D eigenvalue weighted by molar-refractivity contribution is 9.10. The number of nitrogens with one attached hydrogen (secondary N) is 1. The largest absolute Gasteiger partial charge is 0.448 e. The number of hydrogen-bond acceptors (Lipinski definition) is 5. The number of non-ortho nitro benzene ring substituents is 1. The second kappa shape index (κ2) is 6.40. The molecule has 0 aliphatic carbocycles. The number of carbonyl (C=O) groups excluding carboxylic acids is 2. The van der Waals surface area contributed by atoms with Gasteiger partial charge in [-0.2, -0.15) is 0 Å². The summed E-state index contributed by atoms with van der Waals surface area (Å²) in [7, 11) is 0. The second-order valence-electron chi connectivity index (χ2n) is 5.17. The molecule has 1 amide bonds. The van der Waals surface area contributed by atoms with Gasteiger partial charge in [0.05, 0.1) is 16.2 Å². The summed E-state index contributed by atoms with van der Waals surface area (Å²) < 4.78 is 5.54. The summed E-state index contributed by atoms with van der Waals surface area (Å²) in [6.45, 7) is 0. The summed E-state index contributed by atoms with van der Waals surface area (Å²) >= 11 is 3.18. The molecule has 0 saturated heterocycles. The number of nitro benzene ring substituents is 1. The molecule has 1 aliphatic heterocycles. The van der Waals surface area contributed by atoms with Gasteiger partial charge in [0.1, 0.15) is 0 Å². The SMILES string of the molecule is O=C1O[C@@H](C(=O)Nc2ccc([N+](=O)[O-])cc2Br)Cc2ccccc21. The first-order valence-corrected chi connectivity index (χ1v) is 7.78. The molecule has 1 N–H and O–H groups in total. The topological polar surface area (TPSA) is 98.5 Å². The molecule has 8 heteroatoms. The first-order chi connectivity index (χ1) is 11.5. The minimum Gasteiger partial charge on any atom is -0.448 e. The molecule has 3 rings (SSSR count). The van der Waals surface area contributed by atoms with Crippen LogP contribution in [0.15, 0.2) is 46.9 Å². The fraction of sp³-hybridized carbons (Fsp3) is 0.125. The van der Waals surface area contributed by atoms with Crippen LogP contribution in [0, 0.1) is 10.1 Å². The lowest BCUT2D eigenvalue weighted by Crippen LogP contribution is -2.38. The van der Waals surface area contributed by atoms with E-state index in [9.17, 15) is 19.7 Å². The maximum Gasteiger partial charge on any atom is 0.339 e. The number of hydrogen-bond donors (Lipinski definition) is 1. The summed E-state index contributed by atoms with van der Waals surface area (Å²) in [4.78, 5) is 34.5. The fourth-order valence-corrected chi connectivity index (χ4v) is 2.88. The maximum atomic E-state index is 12.4. The van der Waals surface area contributed by atoms with Gasteiger partial charge < -0.3 is 10.1 Å². The van der Waals surface area contributed by atoms with E-state index < -0.39 is 22.9 Å². The number of rotatable bonds is 3. The molecule has 0 fully saturated rings. The third kappa shape index (κ3) is 3.13. The third-order valence-electron chi connectivity index (χ3n) is 3.61. The molecule has 122 valence electrons. The first-order valence-electron chi connectivity index (χ1n) is 6.99. The number of nitrogens with zero attached hydrogens (tertiary/aromatic N) is 1. The highest BCUT2D eigenvalue weighted by Crippen LogP contribution is 2.28. The molecule has 1 heterocycles. The van der Waals surface area contributed by atoms with E-state index in [1.807, 2.05) is 0 Å². The molecule has 2 aromatic rings. The van der Waals surface area contributed by atoms with Gasteiger partial charge >= 0.3 is 5.97 Å². The van der Waals surface area contributed by atoms with Crippen LogP contribution in [0.5, 0.6) is 0 Å². The summed E-state index contributed by atoms with van der Waals surface area (Å²) in [5, 5.41) is 13.3. The van der Waals surface area contributed by atoms with Crippen molar-refractivity contribution >= 4 is 39.2 Å². The van der Waals surface area contributed by atoms with E-state index in [4.69, 9.17) is 4.74 Å². The van der Waals surface area contributed by atoms with Crippen LogP contribution >= 0.6 is 15.9 Å². The molecule has 1 atom stereocenters. The summed E-state index contributed by atoms with van der Waals surface area (Å²) in [6, 6.07) is 10.9. The van der Waals surface area contributed by atoms with Gasteiger partial charge in [0.15, 0.2) is 6.10 Å². The zero-order chi connectivity index (χ0) is 17.3. The minimum absolute atomic E-state index is 0.0992. The number of fused-ring (bicyclic) bond motifs is 1. The Morgan fingerprint density at radius 2 is 2.04 bits per heavy atom. The van der Waals surface area contributed by atoms with Crippen molar-refractivity contribution in [3.63, 3.8) is 0 Å². The number of anilines is 1. The summed E-state index contributed by atoms with van der Waals surface area (Å²) in [6.07, 6.45) is -0.673. The number of cyclic esters (lactones) is 1. The molecule has 0 spiro atoms. The molecule has 2 aromatic carbocycles. The highest BCUT2D eigenvalue weighted by atomic mass is 79.9. The van der Waals surface area contributed by atoms with Gasteiger partial charge in [0, 0.05) is 23.0 Å². The van der Waals surface area contributed by atoms with E-state index >= 15 is 0 Å². The number of benzene rings is 2. The predicted octanol–water partition coefficient (Wildman–Crippen LogP) is 3.08. The number of esters is 1. The molecule has 0 unspecified atom stereocenters. The Labute approximate surface area is 144 Å². The van der Waals surface area contributed by atoms with Crippen molar-refractivity contribution in [3.05, 3.63) is 68.2 Å². The highest BCUT2D eigenvalue weighted by Gasteiger charge is 2.31. The van der Waals surface area contributed by atoms with Crippen LogP contribution in [0.3, 0.4) is 0 Å². The molecule has 0 saturated carbocycles. The maximum absolute atomic E-state index is 12.4. The quantitative estimate of drug-likeness (QED) is 0.493. The van der Waals surface area contributed by atoms with Crippen LogP contribution in [-0.4, -0.2) is 22.9 Å². The van der Waals surface area contributed by atoms with E-state index in [2.05, 4.69) is 21.2 Å². The Morgan fingerprint density at radius 1 is 1.29 bits per heavy atom. The predicted molar refractivity (Wildman–Crippen MR) is 88.8 cm³/mol. The van der Waals surface area contributed by atoms with Crippen molar-refractivity contribution in [2.24, 2.45) is 0 Å². The molecule has 7 nitrogen and oxygen atoms in total. The Kier molecular flexibility index (Phi) is 4.30. The van der Waals surface area contributed by atoms with Crippen molar-refractivity contribution in [1.29, 1.82) is 0 Å². The number of nitro groups is 1. The van der Waals surface area contributed by atoms with Crippen molar-refractivity contribution in [1.82, 2.24) is 0 Å². The minimum atomic E-state index is -0.950. The van der Waals surface area contributed by atoms with Crippen LogP contribution in [0.2, 0.25) is 0 Å². The van der Waals surface area contributed by atoms with Crippen LogP contribution in [0.25, 0.3) is 0 Å². The fourth-order valence-electron chi connectivity index (χ4n) is 2.41. The molecule has 0 aromatic heterocycles. The van der Waals surface area contributed by atoms with E-state index in [-0.39, 0.29) is 12.1 Å². The number of carbonyl (C=O) groups is 2. The molecule has 24 heavy (non-hydrogen) atoms. The van der Waals surface area contributed by atoms with Gasteiger partial charge in [0.2, 0.25) is 0 Å². The molecule has 0 bridgehead atoms. The Morgan fingerprint density at radius 3 is 2.75 bits per heavy atom. The van der Waals surface area contributed by atoms with Gasteiger partial charge in [-0.1, -0.05) is 18.2 Å². The van der Waals surface area contributed by atoms with Gasteiger partial charge in [-0.15, -0.1) is 0 Å². The van der Waals surface area contributed by atoms with Crippen molar-refractivity contribution in [2.75, 3.05) is 5.32 Å². The third-order valence-corrected chi connectivity index (χ3v) is 4.26. The second-order valence-corrected chi connectivity index (χ2v) is 6.02. The van der Waals surface area contributed by atoms with E-state index in [0.717, 1.165) is 5.56 Å². The zero-order valence-electron chi connectivity index (χ0n) is 12.2. The summed E-state index contributed by atoms with van der Waals surface area (Å²) in [5.74, 6) is -1.04. The Hall–Kier alpha value is -2.74. The number of amides is 1. The lowest BCUT2D eigenvalue weighted by Gasteiger charge is -2.23. The van der Waals surface area contributed by atoms with Gasteiger partial charge in [-0.3, -0.25) is 14.9 Å². The van der Waals surface area contributed by atoms with Crippen LogP contribution in [0.1, 0.15) is 15.9 Å². The normalized spacial score (nSPS) is 16.0. The molecular weight excluding hydrogens is 380 g/mol. The Balaban J connectivity index is 1.77. The Bertz CT molecular complexity index is 852. The van der Waals surface area contributed by atoms with E-state index in [1.54, 1.807) is 24.3 Å². The van der Waals surface area contributed by atoms with Gasteiger partial charge in [0.25, 0.3) is 11.6 Å². The average Bonchev–Trinajstić information content (AvgIpc) is 2.56. The molecule has 0 radical (unpaired) electrons. The number of ether oxygens (including phenoxy) is 1. The standard InChI is InChI=1S/C16H11BrN2O5/c17-12-8-10(19(22)23)5-6-13(12)18-15(20)14-7-9-3-1-2-4-11(9)16(21)24-14/h1-6,8,14H,7H2,(H,18,20)/t14-/m1/s1. The lowest BCUT2D eigenvalue weighted by atomic mass is 9.98. The smallest absolute Gasteiger partial charge is 0.339 e. The lowest BCUT2D eigenvalue weighted by molar-refractivity contribution is -0.384. The number of halogens is 1. The molecular formula is C16H11BrN2O5. The van der Waals surface area contributed by atoms with Crippen LogP contribution in [-0.2, 0) is 16.0 Å². The van der Waals surface area contributed by atoms with E-state index in [0.29, 0.717) is 15.7 Å². The van der Waals surface area contributed by atoms with Crippen molar-refractivity contribution in [3.8, 4) is 0 Å². The van der Waals surface area contributed by atoms with Crippen LogP contribution in [0.4, 0.5) is 11.4 Å². The monoisotopic (exact) mass is 390 g/mol. The van der Waals surface area contributed by atoms with Gasteiger partial charge in [-0.05, 0) is 33.6 Å². The van der Waals surface area contributed by atoms with Crippen LogP contribution < -0.4 is 5.32 Å². The van der Waals surface area contributed by atoms with Gasteiger partial charge in [-0.25, -0.2) is 4.79 Å². The summed E-state index contributed by atoms with van der Waals surface area (Å²) in [5.41, 5.74) is 1.47. The van der Waals surface area contributed by atoms with Crippen molar-refractivity contribution < 1.29 is 19.2 Å². The average molecular weight is 391 g/mol. The van der Waals surface area contributed by atoms with E-state index in [1.165, 1.54) is 18.2 Å². The zero-order valence-corrected chi connectivity index (χ0v) is 13.8. The first kappa shape index (κ1) is 16.1. The molecule has 1 aliphatic rings. The van der Waals surface area contributed by atoms with Crippen molar-refractivity contribution in [2.45, 2.75) is 12.5 Å².